The number of hydrogen-bond acceptors (Lipinski definition) is 2. The molecule has 1 aromatic heterocycles. The minimum Gasteiger partial charge on any atom is -0.340 e. The molecule has 0 aliphatic rings. The van der Waals surface area contributed by atoms with Crippen molar-refractivity contribution in [2.24, 2.45) is 0 Å². The van der Waals surface area contributed by atoms with E-state index in [0.29, 0.717) is 6.42 Å². The Kier molecular flexibility index (Phi) is 6.36. The first-order valence-corrected chi connectivity index (χ1v) is 12.9. The molecule has 0 spiro atoms. The molecule has 0 fully saturated rings. The third-order valence-corrected chi connectivity index (χ3v) is 6.63. The molecule has 1 heterocycles. The first-order valence-electron chi connectivity index (χ1n) is 11.4. The van der Waals surface area contributed by atoms with Gasteiger partial charge in [-0.05, 0) is 59.4 Å². The van der Waals surface area contributed by atoms with E-state index in [1.165, 1.54) is 33.0 Å². The predicted molar refractivity (Wildman–Crippen MR) is 138 cm³/mol. The average Bonchev–Trinajstić information content (AvgIpc) is 3.16. The fourth-order valence-electron chi connectivity index (χ4n) is 4.52. The summed E-state index contributed by atoms with van der Waals surface area (Å²) in [5.74, 6) is 0. The van der Waals surface area contributed by atoms with E-state index < -0.39 is 7.82 Å². The molecule has 0 saturated carbocycles. The lowest BCUT2D eigenvalue weighted by molar-refractivity contribution is 0.193. The molecule has 34 heavy (non-hydrogen) atoms. The van der Waals surface area contributed by atoms with Crippen LogP contribution in [0.1, 0.15) is 12.8 Å². The highest BCUT2D eigenvalue weighted by Crippen LogP contribution is 2.37. The summed E-state index contributed by atoms with van der Waals surface area (Å²) in [6, 6.07) is 33.9. The summed E-state index contributed by atoms with van der Waals surface area (Å²) in [6.07, 6.45) is 1.32. The maximum absolute atomic E-state index is 10.9. The quantitative estimate of drug-likeness (QED) is 0.188. The fraction of sp³-hybridized carbons (Fsp3) is 0.143. The van der Waals surface area contributed by atoms with Gasteiger partial charge in [0, 0.05) is 28.4 Å². The van der Waals surface area contributed by atoms with Crippen molar-refractivity contribution < 1.29 is 18.9 Å². The van der Waals surface area contributed by atoms with Gasteiger partial charge in [0.25, 0.3) is 0 Å². The van der Waals surface area contributed by atoms with Gasteiger partial charge in [0.1, 0.15) is 0 Å². The number of aryl methyl sites for hydroxylation is 1. The second kappa shape index (κ2) is 9.57. The zero-order chi connectivity index (χ0) is 23.5. The van der Waals surface area contributed by atoms with Gasteiger partial charge in [-0.15, -0.1) is 0 Å². The maximum Gasteiger partial charge on any atom is 0.469 e. The molecule has 5 rings (SSSR count). The smallest absolute Gasteiger partial charge is 0.340 e. The molecule has 4 aromatic carbocycles. The summed E-state index contributed by atoms with van der Waals surface area (Å²) in [5.41, 5.74) is 7.00. The maximum atomic E-state index is 10.9. The Morgan fingerprint density at radius 3 is 1.62 bits per heavy atom. The van der Waals surface area contributed by atoms with Gasteiger partial charge in [0.15, 0.2) is 0 Å². The van der Waals surface area contributed by atoms with Crippen molar-refractivity contribution in [2.75, 3.05) is 6.61 Å². The van der Waals surface area contributed by atoms with Crippen LogP contribution in [0.25, 0.3) is 44.1 Å². The van der Waals surface area contributed by atoms with Crippen molar-refractivity contribution in [3.05, 3.63) is 97.1 Å². The molecule has 6 heteroatoms. The minimum absolute atomic E-state index is 0.0394. The molecule has 0 amide bonds. The normalized spacial score (nSPS) is 11.9. The summed E-state index contributed by atoms with van der Waals surface area (Å²) >= 11 is 0. The molecule has 0 unspecified atom stereocenters. The van der Waals surface area contributed by atoms with Gasteiger partial charge in [0.2, 0.25) is 0 Å². The van der Waals surface area contributed by atoms with Crippen molar-refractivity contribution in [1.82, 2.24) is 4.57 Å². The average molecular weight is 471 g/mol. The number of aromatic nitrogens is 1. The molecule has 5 nitrogen and oxygen atoms in total. The lowest BCUT2D eigenvalue weighted by Gasteiger charge is -2.09. The van der Waals surface area contributed by atoms with Gasteiger partial charge in [0.05, 0.1) is 6.61 Å². The third kappa shape index (κ3) is 4.84. The van der Waals surface area contributed by atoms with Crippen molar-refractivity contribution in [2.45, 2.75) is 19.4 Å². The van der Waals surface area contributed by atoms with E-state index >= 15 is 0 Å². The third-order valence-electron chi connectivity index (χ3n) is 6.11. The van der Waals surface area contributed by atoms with Crippen LogP contribution < -0.4 is 0 Å². The van der Waals surface area contributed by atoms with Crippen molar-refractivity contribution in [3.8, 4) is 22.3 Å². The zero-order valence-electron chi connectivity index (χ0n) is 18.7. The van der Waals surface area contributed by atoms with E-state index in [-0.39, 0.29) is 6.61 Å². The number of nitrogens with zero attached hydrogens (tertiary/aromatic N) is 1. The van der Waals surface area contributed by atoms with Gasteiger partial charge in [-0.2, -0.15) is 0 Å². The van der Waals surface area contributed by atoms with Gasteiger partial charge < -0.3 is 14.4 Å². The van der Waals surface area contributed by atoms with Crippen LogP contribution in [0.4, 0.5) is 0 Å². The van der Waals surface area contributed by atoms with E-state index in [0.717, 1.165) is 24.0 Å². The van der Waals surface area contributed by atoms with Crippen molar-refractivity contribution >= 4 is 29.6 Å². The van der Waals surface area contributed by atoms with Crippen LogP contribution in [0.15, 0.2) is 97.1 Å². The molecule has 2 N–H and O–H groups in total. The predicted octanol–water partition coefficient (Wildman–Crippen LogP) is 7.02. The summed E-state index contributed by atoms with van der Waals surface area (Å²) in [5, 5.41) is 2.39. The topological polar surface area (TPSA) is 71.7 Å². The second-order valence-electron chi connectivity index (χ2n) is 8.38. The van der Waals surface area contributed by atoms with Crippen LogP contribution in [0.5, 0.6) is 0 Å². The first kappa shape index (κ1) is 22.6. The van der Waals surface area contributed by atoms with E-state index in [1.807, 2.05) is 12.1 Å². The summed E-state index contributed by atoms with van der Waals surface area (Å²) in [6.45, 7) is 0.775. The van der Waals surface area contributed by atoms with Crippen LogP contribution in [0, 0.1) is 0 Å². The van der Waals surface area contributed by atoms with Gasteiger partial charge in [-0.3, -0.25) is 4.52 Å². The summed E-state index contributed by atoms with van der Waals surface area (Å²) in [4.78, 5) is 17.8. The van der Waals surface area contributed by atoms with Crippen molar-refractivity contribution in [1.29, 1.82) is 0 Å². The number of benzene rings is 4. The Hall–Kier alpha value is -3.21. The molecule has 0 aliphatic heterocycles. The number of phosphoric acid groups is 1. The molecular weight excluding hydrogens is 445 g/mol. The molecule has 0 bridgehead atoms. The van der Waals surface area contributed by atoms with E-state index in [2.05, 4.69) is 94.0 Å². The largest absolute Gasteiger partial charge is 0.469 e. The SMILES string of the molecule is O=P(O)(O)OCCCCn1c2ccc(-c3ccccc3)cc2c2cc(-c3ccccc3)ccc21. The van der Waals surface area contributed by atoms with E-state index in [9.17, 15) is 4.57 Å². The zero-order valence-corrected chi connectivity index (χ0v) is 19.6. The molecule has 0 saturated heterocycles. The van der Waals surface area contributed by atoms with Crippen LogP contribution in [-0.4, -0.2) is 21.0 Å². The van der Waals surface area contributed by atoms with E-state index in [4.69, 9.17) is 9.79 Å². The van der Waals surface area contributed by atoms with E-state index in [1.54, 1.807) is 0 Å². The standard InChI is InChI=1S/C28H26NO4P/c30-34(31,32)33-18-8-7-17-29-27-15-13-23(21-9-3-1-4-10-21)19-25(27)26-20-24(14-16-28(26)29)22-11-5-2-6-12-22/h1-6,9-16,19-20H,7-8,17-18H2,(H2,30,31,32). The summed E-state index contributed by atoms with van der Waals surface area (Å²) < 4.78 is 17.8. The Balaban J connectivity index is 1.56. The van der Waals surface area contributed by atoms with Crippen LogP contribution in [-0.2, 0) is 15.6 Å². The monoisotopic (exact) mass is 471 g/mol. The van der Waals surface area contributed by atoms with Gasteiger partial charge >= 0.3 is 7.82 Å². The molecular formula is C28H26NO4P. The molecule has 172 valence electrons. The molecule has 0 atom stereocenters. The Bertz CT molecular complexity index is 1380. The van der Waals surface area contributed by atoms with Crippen molar-refractivity contribution in [3.63, 3.8) is 0 Å². The second-order valence-corrected chi connectivity index (χ2v) is 9.62. The number of rotatable bonds is 8. The lowest BCUT2D eigenvalue weighted by atomic mass is 10.0. The Labute approximate surface area is 198 Å². The molecule has 0 radical (unpaired) electrons. The number of phosphoric ester groups is 1. The lowest BCUT2D eigenvalue weighted by Crippen LogP contribution is -2.00. The van der Waals surface area contributed by atoms with Crippen LogP contribution in [0.2, 0.25) is 0 Å². The number of fused-ring (bicyclic) bond motifs is 3. The van der Waals surface area contributed by atoms with Crippen LogP contribution in [0.3, 0.4) is 0 Å². The highest BCUT2D eigenvalue weighted by molar-refractivity contribution is 7.46. The molecule has 5 aromatic rings. The molecule has 0 aliphatic carbocycles. The van der Waals surface area contributed by atoms with Gasteiger partial charge in [-0.25, -0.2) is 4.57 Å². The highest BCUT2D eigenvalue weighted by Gasteiger charge is 2.15. The number of unbranched alkanes of at least 4 members (excludes halogenated alkanes) is 1. The first-order chi connectivity index (χ1) is 16.5. The highest BCUT2D eigenvalue weighted by atomic mass is 31.2. The fourth-order valence-corrected chi connectivity index (χ4v) is 4.89. The minimum atomic E-state index is -4.42. The van der Waals surface area contributed by atoms with Crippen LogP contribution >= 0.6 is 7.82 Å². The number of hydrogen-bond donors (Lipinski definition) is 2. The summed E-state index contributed by atoms with van der Waals surface area (Å²) in [7, 11) is -4.42. The Morgan fingerprint density at radius 1 is 0.647 bits per heavy atom. The Morgan fingerprint density at radius 2 is 1.15 bits per heavy atom. The van der Waals surface area contributed by atoms with Gasteiger partial charge in [-0.1, -0.05) is 72.8 Å².